The molecule has 0 atom stereocenters. The van der Waals surface area contributed by atoms with Crippen LogP contribution < -0.4 is 14.8 Å². The molecule has 33 heavy (non-hydrogen) atoms. The average molecular weight is 444 g/mol. The van der Waals surface area contributed by atoms with Crippen LogP contribution in [0.15, 0.2) is 48.8 Å². The van der Waals surface area contributed by atoms with Crippen molar-refractivity contribution < 1.29 is 14.3 Å². The maximum Gasteiger partial charge on any atom is 0.256 e. The Morgan fingerprint density at radius 3 is 2.79 bits per heavy atom. The van der Waals surface area contributed by atoms with Crippen LogP contribution in [-0.4, -0.2) is 32.8 Å². The summed E-state index contributed by atoms with van der Waals surface area (Å²) >= 11 is 0. The quantitative estimate of drug-likeness (QED) is 0.456. The van der Waals surface area contributed by atoms with Gasteiger partial charge in [-0.25, -0.2) is 4.98 Å². The smallest absolute Gasteiger partial charge is 0.256 e. The molecular weight excluding hydrogens is 418 g/mol. The molecule has 1 aliphatic carbocycles. The number of nitrogens with zero attached hydrogens (tertiary/aromatic N) is 4. The number of carbonyl (C=O) groups excluding carboxylic acids is 1. The fourth-order valence-corrected chi connectivity index (χ4v) is 3.94. The molecule has 0 spiro atoms. The predicted molar refractivity (Wildman–Crippen MR) is 125 cm³/mol. The summed E-state index contributed by atoms with van der Waals surface area (Å²) in [4.78, 5) is 22.3. The minimum Gasteiger partial charge on any atom is -0.493 e. The minimum absolute atomic E-state index is 0.205. The first-order chi connectivity index (χ1) is 16.0. The number of aromatic nitrogens is 4. The van der Waals surface area contributed by atoms with E-state index >= 15 is 0 Å². The zero-order valence-corrected chi connectivity index (χ0v) is 18.8. The van der Waals surface area contributed by atoms with E-state index in [0.717, 1.165) is 40.8 Å². The van der Waals surface area contributed by atoms with Gasteiger partial charge in [-0.1, -0.05) is 6.07 Å². The van der Waals surface area contributed by atoms with Gasteiger partial charge in [0.2, 0.25) is 0 Å². The van der Waals surface area contributed by atoms with E-state index in [9.17, 15) is 4.79 Å². The van der Waals surface area contributed by atoms with Crippen molar-refractivity contribution in [2.24, 2.45) is 7.05 Å². The molecule has 5 rings (SSSR count). The molecule has 0 saturated heterocycles. The van der Waals surface area contributed by atoms with E-state index in [4.69, 9.17) is 14.5 Å². The lowest BCUT2D eigenvalue weighted by Crippen LogP contribution is -2.14. The van der Waals surface area contributed by atoms with Crippen molar-refractivity contribution in [1.29, 1.82) is 0 Å². The van der Waals surface area contributed by atoms with Crippen LogP contribution in [0.2, 0.25) is 0 Å². The predicted octanol–water partition coefficient (Wildman–Crippen LogP) is 4.39. The lowest BCUT2D eigenvalue weighted by atomic mass is 10.1. The molecule has 0 aliphatic heterocycles. The standard InChI is InChI=1S/C25H25N5O3/c1-15-23-19(12-20(17-6-7-17)28-24(23)30(2)29-15)25(31)27-18-8-9-21(32-3)22(11-18)33-14-16-5-4-10-26-13-16/h4-5,8-13,17H,6-7,14H2,1-3H3,(H,27,31). The number of nitrogens with one attached hydrogen (secondary N) is 1. The van der Waals surface area contributed by atoms with E-state index in [2.05, 4.69) is 15.4 Å². The van der Waals surface area contributed by atoms with Crippen LogP contribution in [0, 0.1) is 6.92 Å². The molecule has 3 aromatic heterocycles. The molecule has 1 aliphatic rings. The Morgan fingerprint density at radius 1 is 1.21 bits per heavy atom. The number of fused-ring (bicyclic) bond motifs is 1. The second kappa shape index (κ2) is 8.54. The average Bonchev–Trinajstić information content (AvgIpc) is 3.64. The molecule has 0 radical (unpaired) electrons. The van der Waals surface area contributed by atoms with Gasteiger partial charge in [0.15, 0.2) is 17.1 Å². The molecule has 8 heteroatoms. The molecule has 3 heterocycles. The number of methoxy groups -OCH3 is 1. The highest BCUT2D eigenvalue weighted by molar-refractivity contribution is 6.12. The van der Waals surface area contributed by atoms with Crippen LogP contribution in [0.1, 0.15) is 46.1 Å². The highest BCUT2D eigenvalue weighted by atomic mass is 16.5. The van der Waals surface area contributed by atoms with Gasteiger partial charge in [0.05, 0.1) is 23.8 Å². The molecule has 1 amide bonds. The van der Waals surface area contributed by atoms with Gasteiger partial charge in [0.25, 0.3) is 5.91 Å². The second-order valence-electron chi connectivity index (χ2n) is 8.25. The van der Waals surface area contributed by atoms with Crippen LogP contribution in [0.4, 0.5) is 5.69 Å². The highest BCUT2D eigenvalue weighted by Crippen LogP contribution is 2.40. The second-order valence-corrected chi connectivity index (χ2v) is 8.25. The number of ether oxygens (including phenoxy) is 2. The third-order valence-corrected chi connectivity index (χ3v) is 5.77. The summed E-state index contributed by atoms with van der Waals surface area (Å²) in [6.45, 7) is 2.24. The number of benzene rings is 1. The van der Waals surface area contributed by atoms with E-state index in [1.165, 1.54) is 0 Å². The summed E-state index contributed by atoms with van der Waals surface area (Å²) in [5.41, 5.74) is 4.60. The van der Waals surface area contributed by atoms with Gasteiger partial charge in [-0.3, -0.25) is 14.5 Å². The number of carbonyl (C=O) groups is 1. The van der Waals surface area contributed by atoms with Gasteiger partial charge in [-0.05, 0) is 44.0 Å². The van der Waals surface area contributed by atoms with Crippen molar-refractivity contribution in [3.05, 3.63) is 71.3 Å². The number of anilines is 1. The molecule has 168 valence electrons. The van der Waals surface area contributed by atoms with Crippen molar-refractivity contribution in [2.75, 3.05) is 12.4 Å². The van der Waals surface area contributed by atoms with Crippen molar-refractivity contribution in [2.45, 2.75) is 32.3 Å². The third kappa shape index (κ3) is 4.24. The van der Waals surface area contributed by atoms with Crippen molar-refractivity contribution >= 4 is 22.6 Å². The Hall–Kier alpha value is -3.94. The van der Waals surface area contributed by atoms with Crippen LogP contribution >= 0.6 is 0 Å². The molecule has 1 aromatic carbocycles. The Bertz CT molecular complexity index is 1330. The SMILES string of the molecule is COc1ccc(NC(=O)c2cc(C3CC3)nc3c2c(C)nn3C)cc1OCc1cccnc1. The topological polar surface area (TPSA) is 91.2 Å². The van der Waals surface area contributed by atoms with E-state index < -0.39 is 0 Å². The molecule has 0 bridgehead atoms. The largest absolute Gasteiger partial charge is 0.493 e. The summed E-state index contributed by atoms with van der Waals surface area (Å²) in [6, 6.07) is 11.0. The first-order valence-electron chi connectivity index (χ1n) is 10.9. The van der Waals surface area contributed by atoms with Crippen LogP contribution in [0.3, 0.4) is 0 Å². The normalized spacial score (nSPS) is 13.2. The Balaban J connectivity index is 1.43. The van der Waals surface area contributed by atoms with Crippen LogP contribution in [0.25, 0.3) is 11.0 Å². The monoisotopic (exact) mass is 443 g/mol. The number of aryl methyl sites for hydroxylation is 2. The summed E-state index contributed by atoms with van der Waals surface area (Å²) in [7, 11) is 3.44. The van der Waals surface area contributed by atoms with Crippen molar-refractivity contribution in [3.63, 3.8) is 0 Å². The van der Waals surface area contributed by atoms with Gasteiger partial charge >= 0.3 is 0 Å². The Kier molecular flexibility index (Phi) is 5.42. The van der Waals surface area contributed by atoms with Gasteiger partial charge in [0.1, 0.15) is 6.61 Å². The number of rotatable bonds is 7. The van der Waals surface area contributed by atoms with Crippen LogP contribution in [0.5, 0.6) is 11.5 Å². The first kappa shape index (κ1) is 20.9. The maximum absolute atomic E-state index is 13.4. The fourth-order valence-electron chi connectivity index (χ4n) is 3.94. The minimum atomic E-state index is -0.205. The molecule has 8 nitrogen and oxygen atoms in total. The number of hydrogen-bond acceptors (Lipinski definition) is 6. The summed E-state index contributed by atoms with van der Waals surface area (Å²) in [6.07, 6.45) is 5.68. The zero-order chi connectivity index (χ0) is 22.9. The Morgan fingerprint density at radius 2 is 2.06 bits per heavy atom. The maximum atomic E-state index is 13.4. The van der Waals surface area contributed by atoms with Gasteiger partial charge < -0.3 is 14.8 Å². The zero-order valence-electron chi connectivity index (χ0n) is 18.8. The lowest BCUT2D eigenvalue weighted by molar-refractivity contribution is 0.102. The highest BCUT2D eigenvalue weighted by Gasteiger charge is 2.28. The lowest BCUT2D eigenvalue weighted by Gasteiger charge is -2.14. The van der Waals surface area contributed by atoms with Gasteiger partial charge in [0, 0.05) is 48.4 Å². The molecule has 1 N–H and O–H groups in total. The van der Waals surface area contributed by atoms with E-state index in [1.807, 2.05) is 32.2 Å². The molecular formula is C25H25N5O3. The van der Waals surface area contributed by atoms with E-state index in [-0.39, 0.29) is 5.91 Å². The van der Waals surface area contributed by atoms with Gasteiger partial charge in [-0.15, -0.1) is 0 Å². The van der Waals surface area contributed by atoms with Gasteiger partial charge in [-0.2, -0.15) is 5.10 Å². The summed E-state index contributed by atoms with van der Waals surface area (Å²) < 4.78 is 13.1. The molecule has 0 unspecified atom stereocenters. The number of pyridine rings is 2. The summed E-state index contributed by atoms with van der Waals surface area (Å²) in [5, 5.41) is 8.27. The number of hydrogen-bond donors (Lipinski definition) is 1. The van der Waals surface area contributed by atoms with Crippen molar-refractivity contribution in [3.8, 4) is 11.5 Å². The third-order valence-electron chi connectivity index (χ3n) is 5.77. The fraction of sp³-hybridized carbons (Fsp3) is 0.280. The van der Waals surface area contributed by atoms with Crippen LogP contribution in [-0.2, 0) is 13.7 Å². The van der Waals surface area contributed by atoms with E-state index in [1.54, 1.807) is 42.4 Å². The summed E-state index contributed by atoms with van der Waals surface area (Å²) in [5.74, 6) is 1.34. The molecule has 1 saturated carbocycles. The Labute approximate surface area is 191 Å². The number of amides is 1. The van der Waals surface area contributed by atoms with Crippen molar-refractivity contribution in [1.82, 2.24) is 19.7 Å². The molecule has 4 aromatic rings. The first-order valence-corrected chi connectivity index (χ1v) is 10.9. The molecule has 1 fully saturated rings. The van der Waals surface area contributed by atoms with E-state index in [0.29, 0.717) is 35.3 Å².